The Balaban J connectivity index is 3.63. The maximum Gasteiger partial charge on any atom is 0.514 e. The highest BCUT2D eigenvalue weighted by molar-refractivity contribution is 5.67. The molecule has 1 aromatic carbocycles. The third kappa shape index (κ3) is 6.56. The predicted molar refractivity (Wildman–Crippen MR) is 117 cm³/mol. The topological polar surface area (TPSA) is 122 Å². The summed E-state index contributed by atoms with van der Waals surface area (Å²) in [5, 5.41) is 21.8. The molecule has 0 saturated carbocycles. The van der Waals surface area contributed by atoms with Gasteiger partial charge in [-0.25, -0.2) is 13.6 Å². The van der Waals surface area contributed by atoms with Crippen molar-refractivity contribution in [1.82, 2.24) is 0 Å². The molecule has 0 amide bonds. The van der Waals surface area contributed by atoms with Crippen molar-refractivity contribution < 1.29 is 129 Å². The van der Waals surface area contributed by atoms with Crippen molar-refractivity contribution in [2.75, 3.05) is 6.61 Å². The average Bonchev–Trinajstić information content (AvgIpc) is 2.99. The van der Waals surface area contributed by atoms with E-state index in [-0.39, 0.29) is 12.1 Å². The van der Waals surface area contributed by atoms with Crippen LogP contribution in [0.4, 0.5) is 122 Å². The van der Waals surface area contributed by atoms with E-state index in [4.69, 9.17) is 0 Å². The summed E-state index contributed by atoms with van der Waals surface area (Å²) < 4.78 is 333. The number of nitro benzene ring substituents is 2. The fraction of sp³-hybridized carbons (Fsp3) is 0.667. The highest BCUT2D eigenvalue weighted by Gasteiger charge is 2.99. The largest absolute Gasteiger partial charge is 0.514 e. The fourth-order valence-corrected chi connectivity index (χ4v) is 3.38. The molecule has 0 radical (unpaired) electrons. The molecule has 0 bridgehead atoms. The molecular weight excluding hydrogens is 848 g/mol. The van der Waals surface area contributed by atoms with Crippen LogP contribution in [0.15, 0.2) is 12.1 Å². The van der Waals surface area contributed by atoms with Crippen LogP contribution in [0.3, 0.4) is 0 Å². The van der Waals surface area contributed by atoms with Crippen LogP contribution in [0.5, 0.6) is 5.75 Å². The molecule has 9 nitrogen and oxygen atoms in total. The second-order valence-corrected chi connectivity index (χ2v) is 10.1. The first-order valence-corrected chi connectivity index (χ1v) is 12.2. The van der Waals surface area contributed by atoms with Gasteiger partial charge >= 0.3 is 89.1 Å². The molecular formula is C21H8F24N2O7. The summed E-state index contributed by atoms with van der Waals surface area (Å²) in [6, 6.07) is 0.117. The van der Waals surface area contributed by atoms with Crippen LogP contribution in [0, 0.1) is 27.2 Å². The van der Waals surface area contributed by atoms with E-state index in [1.807, 2.05) is 0 Å². The number of hydrogen-bond donors (Lipinski definition) is 0. The van der Waals surface area contributed by atoms with Crippen molar-refractivity contribution in [3.05, 3.63) is 37.9 Å². The van der Waals surface area contributed by atoms with Gasteiger partial charge in [0, 0.05) is 6.07 Å². The van der Waals surface area contributed by atoms with Gasteiger partial charge in [-0.1, -0.05) is 0 Å². The number of rotatable bonds is 16. The first-order chi connectivity index (χ1) is 23.5. The summed E-state index contributed by atoms with van der Waals surface area (Å²) in [7, 11) is 0. The van der Waals surface area contributed by atoms with Crippen LogP contribution in [0.1, 0.15) is 5.56 Å². The number of hydrogen-bond acceptors (Lipinski definition) is 7. The second kappa shape index (κ2) is 13.4. The van der Waals surface area contributed by atoms with Crippen molar-refractivity contribution in [1.29, 1.82) is 0 Å². The van der Waals surface area contributed by atoms with E-state index in [1.54, 1.807) is 0 Å². The van der Waals surface area contributed by atoms with Crippen molar-refractivity contribution >= 4 is 17.5 Å². The Morgan fingerprint density at radius 2 is 0.870 bits per heavy atom. The summed E-state index contributed by atoms with van der Waals surface area (Å²) in [6.07, 6.45) is -9.30. The molecule has 33 heteroatoms. The predicted octanol–water partition coefficient (Wildman–Crippen LogP) is 9.58. The minimum Gasteiger partial charge on any atom is -0.427 e. The lowest BCUT2D eigenvalue weighted by molar-refractivity contribution is -0.476. The zero-order valence-electron chi connectivity index (χ0n) is 24.3. The molecule has 0 aliphatic carbocycles. The van der Waals surface area contributed by atoms with E-state index in [9.17, 15) is 130 Å². The second-order valence-electron chi connectivity index (χ2n) is 10.1. The Morgan fingerprint density at radius 3 is 1.19 bits per heavy atom. The van der Waals surface area contributed by atoms with Crippen LogP contribution in [-0.4, -0.2) is 94.2 Å². The molecule has 312 valence electrons. The molecule has 0 atom stereocenters. The van der Waals surface area contributed by atoms with Gasteiger partial charge in [0.05, 0.1) is 15.9 Å². The van der Waals surface area contributed by atoms with Crippen molar-refractivity contribution in [2.45, 2.75) is 78.5 Å². The third-order valence-corrected chi connectivity index (χ3v) is 6.54. The van der Waals surface area contributed by atoms with Gasteiger partial charge in [-0.05, 0) is 12.5 Å². The van der Waals surface area contributed by atoms with Gasteiger partial charge in [0.2, 0.25) is 0 Å². The monoisotopic (exact) mass is 856 g/mol. The zero-order valence-corrected chi connectivity index (χ0v) is 24.3. The zero-order chi connectivity index (χ0) is 43.7. The van der Waals surface area contributed by atoms with Crippen LogP contribution < -0.4 is 4.74 Å². The van der Waals surface area contributed by atoms with E-state index in [0.29, 0.717) is 6.92 Å². The molecule has 0 heterocycles. The standard InChI is InChI=1S/C21H8F24N2O7/c1-5-2-6(46(49)50)7(47(51)52)3-8(5)54-10(48)53-4-11(24,25)13(28,29)15(32,33)17(36,37)19(40,41)21(44,45)20(42,43)18(38,39)16(34,35)14(30,31)12(26,27)9(22)23/h2-3,9H,4H2,1H3. The van der Waals surface area contributed by atoms with Gasteiger partial charge in [-0.15, -0.1) is 0 Å². The normalized spacial score (nSPS) is 15.0. The van der Waals surface area contributed by atoms with E-state index < -0.39 is 117 Å². The molecule has 1 aromatic rings. The summed E-state index contributed by atoms with van der Waals surface area (Å²) in [5.41, 5.74) is -3.74. The minimum absolute atomic E-state index is 0.0842. The molecule has 0 spiro atoms. The van der Waals surface area contributed by atoms with E-state index in [1.165, 1.54) is 0 Å². The summed E-state index contributed by atoms with van der Waals surface area (Å²) in [4.78, 5) is 30.3. The van der Waals surface area contributed by atoms with Gasteiger partial charge < -0.3 is 9.47 Å². The average molecular weight is 856 g/mol. The lowest BCUT2D eigenvalue weighted by Crippen LogP contribution is -2.78. The molecule has 0 aromatic heterocycles. The van der Waals surface area contributed by atoms with Crippen LogP contribution in [0.2, 0.25) is 0 Å². The highest BCUT2D eigenvalue weighted by Crippen LogP contribution is 2.67. The quantitative estimate of drug-likeness (QED) is 0.0534. The molecule has 54 heavy (non-hydrogen) atoms. The summed E-state index contributed by atoms with van der Waals surface area (Å²) in [5.74, 6) is -100. The van der Waals surface area contributed by atoms with Crippen LogP contribution in [-0.2, 0) is 4.74 Å². The number of ether oxygens (including phenoxy) is 2. The lowest BCUT2D eigenvalue weighted by Gasteiger charge is -2.45. The number of benzene rings is 1. The van der Waals surface area contributed by atoms with Crippen LogP contribution in [0.25, 0.3) is 0 Å². The molecule has 0 aliphatic heterocycles. The van der Waals surface area contributed by atoms with Gasteiger partial charge in [0.25, 0.3) is 0 Å². The molecule has 0 N–H and O–H groups in total. The Kier molecular flexibility index (Phi) is 11.8. The van der Waals surface area contributed by atoms with Crippen molar-refractivity contribution in [3.8, 4) is 5.75 Å². The molecule has 0 unspecified atom stereocenters. The van der Waals surface area contributed by atoms with Gasteiger partial charge in [-0.3, -0.25) is 20.2 Å². The van der Waals surface area contributed by atoms with Gasteiger partial charge in [0.15, 0.2) is 6.61 Å². The number of alkyl halides is 24. The van der Waals surface area contributed by atoms with Gasteiger partial charge in [0.1, 0.15) is 5.75 Å². The molecule has 0 saturated heterocycles. The highest BCUT2D eigenvalue weighted by atomic mass is 19.4. The SMILES string of the molecule is Cc1cc([N+](=O)[O-])c([N+](=O)[O-])cc1OC(=O)OCC(F)(F)C(F)(F)C(F)(F)C(F)(F)C(F)(F)C(F)(F)C(F)(F)C(F)(F)C(F)(F)C(F)(F)C(F)(F)C(F)F. The number of nitro groups is 2. The van der Waals surface area contributed by atoms with Crippen molar-refractivity contribution in [3.63, 3.8) is 0 Å². The number of carbonyl (C=O) groups is 1. The Hall–Kier alpha value is -4.39. The minimum atomic E-state index is -9.66. The first-order valence-electron chi connectivity index (χ1n) is 12.2. The smallest absolute Gasteiger partial charge is 0.427 e. The van der Waals surface area contributed by atoms with Gasteiger partial charge in [-0.2, -0.15) is 96.6 Å². The summed E-state index contributed by atoms with van der Waals surface area (Å²) in [6.45, 7) is -3.24. The molecule has 0 fully saturated rings. The summed E-state index contributed by atoms with van der Waals surface area (Å²) >= 11 is 0. The number of carbonyl (C=O) groups excluding carboxylic acids is 1. The third-order valence-electron chi connectivity index (χ3n) is 6.54. The number of nitrogens with zero attached hydrogens (tertiary/aromatic N) is 2. The first kappa shape index (κ1) is 47.6. The van der Waals surface area contributed by atoms with E-state index >= 15 is 0 Å². The number of aryl methyl sites for hydroxylation is 1. The van der Waals surface area contributed by atoms with Crippen LogP contribution >= 0.6 is 0 Å². The maximum atomic E-state index is 14.0. The van der Waals surface area contributed by atoms with E-state index in [2.05, 4.69) is 9.47 Å². The number of halogens is 24. The van der Waals surface area contributed by atoms with E-state index in [0.717, 1.165) is 0 Å². The lowest BCUT2D eigenvalue weighted by atomic mass is 9.84. The maximum absolute atomic E-state index is 14.0. The van der Waals surface area contributed by atoms with Crippen molar-refractivity contribution in [2.24, 2.45) is 0 Å². The molecule has 1 rings (SSSR count). The molecule has 0 aliphatic rings. The Bertz CT molecular complexity index is 1630. The Labute approximate surface area is 277 Å². The Morgan fingerprint density at radius 1 is 0.574 bits per heavy atom. The fourth-order valence-electron chi connectivity index (χ4n) is 3.38.